The van der Waals surface area contributed by atoms with E-state index in [9.17, 15) is 9.59 Å². The van der Waals surface area contributed by atoms with Gasteiger partial charge in [-0.15, -0.1) is 0 Å². The minimum absolute atomic E-state index is 0.166. The lowest BCUT2D eigenvalue weighted by Gasteiger charge is -2.09. The first kappa shape index (κ1) is 20.0. The molecule has 7 heteroatoms. The molecule has 2 N–H and O–H groups in total. The summed E-state index contributed by atoms with van der Waals surface area (Å²) in [5.74, 6) is -0.764. The van der Waals surface area contributed by atoms with E-state index in [-0.39, 0.29) is 18.8 Å². The topological polar surface area (TPSA) is 89.5 Å². The molecule has 0 aliphatic heterocycles. The van der Waals surface area contributed by atoms with E-state index in [0.717, 1.165) is 5.56 Å². The molecule has 1 aromatic heterocycles. The van der Waals surface area contributed by atoms with Gasteiger partial charge in [-0.3, -0.25) is 0 Å². The number of anilines is 2. The fourth-order valence-corrected chi connectivity index (χ4v) is 2.15. The van der Waals surface area contributed by atoms with E-state index in [4.69, 9.17) is 9.47 Å². The van der Waals surface area contributed by atoms with Crippen LogP contribution in [-0.4, -0.2) is 30.1 Å². The molecule has 0 bridgehead atoms. The standard InChI is InChI=1S/C20H23N3O4/c1-3-26-19(24)17(20(25)27-4-2)14-21-16-10-11-18(23-13-16)22-12-15-8-6-5-7-9-15/h5-11,13-14,21H,3-4,12H2,1-2H3,(H,22,23). The lowest BCUT2D eigenvalue weighted by Crippen LogP contribution is -2.19. The zero-order valence-electron chi connectivity index (χ0n) is 15.4. The molecular formula is C20H23N3O4. The van der Waals surface area contributed by atoms with Gasteiger partial charge in [0.05, 0.1) is 25.1 Å². The van der Waals surface area contributed by atoms with Crippen molar-refractivity contribution in [1.82, 2.24) is 4.98 Å². The number of nitrogens with zero attached hydrogens (tertiary/aromatic N) is 1. The lowest BCUT2D eigenvalue weighted by atomic mass is 10.2. The van der Waals surface area contributed by atoms with Crippen LogP contribution < -0.4 is 10.6 Å². The number of hydrogen-bond donors (Lipinski definition) is 2. The van der Waals surface area contributed by atoms with Gasteiger partial charge in [-0.1, -0.05) is 30.3 Å². The Morgan fingerprint density at radius 1 is 1.00 bits per heavy atom. The van der Waals surface area contributed by atoms with E-state index in [1.807, 2.05) is 30.3 Å². The SMILES string of the molecule is CCOC(=O)C(=CNc1ccc(NCc2ccccc2)nc1)C(=O)OCC. The van der Waals surface area contributed by atoms with Crippen molar-refractivity contribution >= 4 is 23.4 Å². The van der Waals surface area contributed by atoms with E-state index < -0.39 is 11.9 Å². The summed E-state index contributed by atoms with van der Waals surface area (Å²) in [5, 5.41) is 6.09. The summed E-state index contributed by atoms with van der Waals surface area (Å²) in [6.07, 6.45) is 2.86. The van der Waals surface area contributed by atoms with Crippen LogP contribution >= 0.6 is 0 Å². The number of pyridine rings is 1. The largest absolute Gasteiger partial charge is 0.462 e. The molecule has 142 valence electrons. The highest BCUT2D eigenvalue weighted by molar-refractivity contribution is 6.14. The van der Waals surface area contributed by atoms with Crippen molar-refractivity contribution in [3.8, 4) is 0 Å². The lowest BCUT2D eigenvalue weighted by molar-refractivity contribution is -0.146. The molecule has 1 heterocycles. The Morgan fingerprint density at radius 2 is 1.67 bits per heavy atom. The Bertz CT molecular complexity index is 754. The fraction of sp³-hybridized carbons (Fsp3) is 0.250. The zero-order chi connectivity index (χ0) is 19.5. The molecule has 27 heavy (non-hydrogen) atoms. The Morgan fingerprint density at radius 3 is 2.22 bits per heavy atom. The number of aromatic nitrogens is 1. The molecule has 0 unspecified atom stereocenters. The zero-order valence-corrected chi connectivity index (χ0v) is 15.4. The van der Waals surface area contributed by atoms with Gasteiger partial charge in [0.25, 0.3) is 0 Å². The van der Waals surface area contributed by atoms with Gasteiger partial charge >= 0.3 is 11.9 Å². The molecule has 7 nitrogen and oxygen atoms in total. The monoisotopic (exact) mass is 369 g/mol. The first-order valence-electron chi connectivity index (χ1n) is 8.68. The average Bonchev–Trinajstić information content (AvgIpc) is 2.69. The number of hydrogen-bond acceptors (Lipinski definition) is 7. The summed E-state index contributed by atoms with van der Waals surface area (Å²) < 4.78 is 9.76. The van der Waals surface area contributed by atoms with Gasteiger partial charge in [0.1, 0.15) is 5.82 Å². The smallest absolute Gasteiger partial charge is 0.347 e. The summed E-state index contributed by atoms with van der Waals surface area (Å²) in [6.45, 7) is 4.33. The van der Waals surface area contributed by atoms with E-state index in [2.05, 4.69) is 15.6 Å². The van der Waals surface area contributed by atoms with Crippen molar-refractivity contribution in [2.24, 2.45) is 0 Å². The average molecular weight is 369 g/mol. The minimum Gasteiger partial charge on any atom is -0.462 e. The molecule has 0 saturated heterocycles. The van der Waals surface area contributed by atoms with Crippen LogP contribution in [0.1, 0.15) is 19.4 Å². The molecule has 0 aliphatic carbocycles. The molecule has 0 saturated carbocycles. The number of esters is 2. The Labute approximate surface area is 158 Å². The summed E-state index contributed by atoms with van der Waals surface area (Å²) in [4.78, 5) is 28.1. The second-order valence-electron chi connectivity index (χ2n) is 5.41. The molecule has 0 aliphatic rings. The summed E-state index contributed by atoms with van der Waals surface area (Å²) in [6, 6.07) is 13.6. The Kier molecular flexibility index (Phi) is 7.84. The highest BCUT2D eigenvalue weighted by Crippen LogP contribution is 2.12. The van der Waals surface area contributed by atoms with Crippen molar-refractivity contribution < 1.29 is 19.1 Å². The van der Waals surface area contributed by atoms with Crippen LogP contribution in [0.15, 0.2) is 60.4 Å². The van der Waals surface area contributed by atoms with Crippen LogP contribution in [0.3, 0.4) is 0 Å². The molecule has 2 rings (SSSR count). The third-order valence-electron chi connectivity index (χ3n) is 3.45. The molecule has 0 radical (unpaired) electrons. The van der Waals surface area contributed by atoms with Crippen LogP contribution in [0.25, 0.3) is 0 Å². The van der Waals surface area contributed by atoms with Crippen LogP contribution in [0.4, 0.5) is 11.5 Å². The highest BCUT2D eigenvalue weighted by atomic mass is 16.6. The normalized spacial score (nSPS) is 9.85. The van der Waals surface area contributed by atoms with Crippen LogP contribution in [0.5, 0.6) is 0 Å². The van der Waals surface area contributed by atoms with Crippen LogP contribution in [0.2, 0.25) is 0 Å². The molecule has 0 spiro atoms. The molecule has 0 fully saturated rings. The first-order chi connectivity index (χ1) is 13.1. The second-order valence-corrected chi connectivity index (χ2v) is 5.41. The highest BCUT2D eigenvalue weighted by Gasteiger charge is 2.20. The number of ether oxygens (including phenoxy) is 2. The molecule has 0 amide bonds. The van der Waals surface area contributed by atoms with Gasteiger partial charge in [0.2, 0.25) is 0 Å². The van der Waals surface area contributed by atoms with Crippen LogP contribution in [-0.2, 0) is 25.6 Å². The summed E-state index contributed by atoms with van der Waals surface area (Å²) in [5.41, 5.74) is 1.56. The van der Waals surface area contributed by atoms with Crippen molar-refractivity contribution in [1.29, 1.82) is 0 Å². The predicted octanol–water partition coefficient (Wildman–Crippen LogP) is 3.12. The van der Waals surface area contributed by atoms with Gasteiger partial charge in [-0.2, -0.15) is 0 Å². The summed E-state index contributed by atoms with van der Waals surface area (Å²) in [7, 11) is 0. The number of carbonyl (C=O) groups excluding carboxylic acids is 2. The van der Waals surface area contributed by atoms with Crippen LogP contribution in [0, 0.1) is 0 Å². The number of benzene rings is 1. The third-order valence-corrected chi connectivity index (χ3v) is 3.45. The first-order valence-corrected chi connectivity index (χ1v) is 8.68. The van der Waals surface area contributed by atoms with E-state index in [1.165, 1.54) is 6.20 Å². The maximum Gasteiger partial charge on any atom is 0.347 e. The van der Waals surface area contributed by atoms with Gasteiger partial charge < -0.3 is 20.1 Å². The Hall–Kier alpha value is -3.35. The maximum atomic E-state index is 11.9. The number of nitrogens with one attached hydrogen (secondary N) is 2. The minimum atomic E-state index is -0.738. The quantitative estimate of drug-likeness (QED) is 0.304. The summed E-state index contributed by atoms with van der Waals surface area (Å²) >= 11 is 0. The third kappa shape index (κ3) is 6.47. The van der Waals surface area contributed by atoms with E-state index in [0.29, 0.717) is 18.1 Å². The van der Waals surface area contributed by atoms with Crippen molar-refractivity contribution in [2.75, 3.05) is 23.8 Å². The number of carbonyl (C=O) groups is 2. The van der Waals surface area contributed by atoms with Gasteiger partial charge in [0.15, 0.2) is 5.57 Å². The maximum absolute atomic E-state index is 11.9. The molecule has 2 aromatic rings. The predicted molar refractivity (Wildman–Crippen MR) is 103 cm³/mol. The van der Waals surface area contributed by atoms with Gasteiger partial charge in [0, 0.05) is 12.7 Å². The van der Waals surface area contributed by atoms with E-state index in [1.54, 1.807) is 32.2 Å². The van der Waals surface area contributed by atoms with Gasteiger partial charge in [-0.25, -0.2) is 14.6 Å². The number of rotatable bonds is 9. The molecule has 1 aromatic carbocycles. The van der Waals surface area contributed by atoms with Crippen molar-refractivity contribution in [3.63, 3.8) is 0 Å². The molecule has 0 atom stereocenters. The Balaban J connectivity index is 1.99. The fourth-order valence-electron chi connectivity index (χ4n) is 2.15. The second kappa shape index (κ2) is 10.6. The van der Waals surface area contributed by atoms with Crippen molar-refractivity contribution in [3.05, 3.63) is 66.0 Å². The molecular weight excluding hydrogens is 346 g/mol. The van der Waals surface area contributed by atoms with Crippen molar-refractivity contribution in [2.45, 2.75) is 20.4 Å². The van der Waals surface area contributed by atoms with Gasteiger partial charge in [-0.05, 0) is 31.5 Å². The van der Waals surface area contributed by atoms with E-state index >= 15 is 0 Å².